The van der Waals surface area contributed by atoms with E-state index in [1.165, 1.54) is 6.07 Å². The zero-order chi connectivity index (χ0) is 15.2. The molecule has 0 aromatic heterocycles. The summed E-state index contributed by atoms with van der Waals surface area (Å²) in [5, 5.41) is 2.45. The molecule has 4 nitrogen and oxygen atoms in total. The van der Waals surface area contributed by atoms with Gasteiger partial charge in [0.25, 0.3) is 5.91 Å². The Balaban J connectivity index is 1.92. The van der Waals surface area contributed by atoms with E-state index in [9.17, 15) is 14.0 Å². The van der Waals surface area contributed by atoms with Gasteiger partial charge in [-0.2, -0.15) is 0 Å². The van der Waals surface area contributed by atoms with Gasteiger partial charge in [-0.05, 0) is 48.9 Å². The van der Waals surface area contributed by atoms with E-state index in [4.69, 9.17) is 4.74 Å². The molecule has 21 heavy (non-hydrogen) atoms. The van der Waals surface area contributed by atoms with E-state index >= 15 is 0 Å². The van der Waals surface area contributed by atoms with Gasteiger partial charge in [-0.25, -0.2) is 4.39 Å². The molecule has 0 unspecified atom stereocenters. The van der Waals surface area contributed by atoms with Crippen LogP contribution >= 0.6 is 0 Å². The molecule has 0 saturated carbocycles. The summed E-state index contributed by atoms with van der Waals surface area (Å²) in [6, 6.07) is 10.8. The summed E-state index contributed by atoms with van der Waals surface area (Å²) in [6.45, 7) is 1.56. The smallest absolute Gasteiger partial charge is 0.262 e. The Morgan fingerprint density at radius 2 is 1.95 bits per heavy atom. The molecular formula is C16H14FNO3. The van der Waals surface area contributed by atoms with E-state index in [0.717, 1.165) is 11.8 Å². The summed E-state index contributed by atoms with van der Waals surface area (Å²) in [4.78, 5) is 22.2. The molecule has 0 aliphatic carbocycles. The van der Waals surface area contributed by atoms with Gasteiger partial charge in [0, 0.05) is 5.56 Å². The van der Waals surface area contributed by atoms with E-state index in [0.29, 0.717) is 11.3 Å². The molecule has 2 aromatic carbocycles. The number of ether oxygens (including phenoxy) is 1. The first-order chi connectivity index (χ1) is 10.1. The lowest BCUT2D eigenvalue weighted by Crippen LogP contribution is -2.20. The number of benzene rings is 2. The van der Waals surface area contributed by atoms with Crippen molar-refractivity contribution in [2.45, 2.75) is 6.92 Å². The molecule has 0 aliphatic rings. The zero-order valence-electron chi connectivity index (χ0n) is 11.4. The van der Waals surface area contributed by atoms with Crippen LogP contribution in [-0.4, -0.2) is 18.8 Å². The third-order valence-corrected chi connectivity index (χ3v) is 2.78. The number of aldehydes is 1. The van der Waals surface area contributed by atoms with E-state index in [1.807, 2.05) is 0 Å². The van der Waals surface area contributed by atoms with Crippen LogP contribution in [0.1, 0.15) is 15.9 Å². The maximum atomic E-state index is 13.5. The van der Waals surface area contributed by atoms with Gasteiger partial charge in [0.15, 0.2) is 6.61 Å². The van der Waals surface area contributed by atoms with Crippen LogP contribution in [0.3, 0.4) is 0 Å². The molecule has 0 aliphatic heterocycles. The number of anilines is 1. The predicted molar refractivity (Wildman–Crippen MR) is 77.1 cm³/mol. The molecule has 0 spiro atoms. The van der Waals surface area contributed by atoms with Gasteiger partial charge in [0.2, 0.25) is 0 Å². The van der Waals surface area contributed by atoms with E-state index in [2.05, 4.69) is 5.32 Å². The number of hydrogen-bond donors (Lipinski definition) is 1. The van der Waals surface area contributed by atoms with Crippen LogP contribution in [0.5, 0.6) is 5.75 Å². The van der Waals surface area contributed by atoms with Crippen LogP contribution in [0.25, 0.3) is 0 Å². The quantitative estimate of drug-likeness (QED) is 0.860. The highest BCUT2D eigenvalue weighted by atomic mass is 19.1. The Morgan fingerprint density at radius 3 is 2.62 bits per heavy atom. The van der Waals surface area contributed by atoms with Gasteiger partial charge in [-0.1, -0.05) is 6.07 Å². The molecule has 2 rings (SSSR count). The van der Waals surface area contributed by atoms with E-state index in [-0.39, 0.29) is 12.3 Å². The zero-order valence-corrected chi connectivity index (χ0v) is 11.4. The molecule has 2 aromatic rings. The van der Waals surface area contributed by atoms with Crippen LogP contribution in [0, 0.1) is 12.7 Å². The Labute approximate surface area is 121 Å². The molecule has 0 heterocycles. The van der Waals surface area contributed by atoms with Crippen molar-refractivity contribution in [2.75, 3.05) is 11.9 Å². The summed E-state index contributed by atoms with van der Waals surface area (Å²) < 4.78 is 18.7. The van der Waals surface area contributed by atoms with Crippen LogP contribution in [0.4, 0.5) is 10.1 Å². The number of hydrogen-bond acceptors (Lipinski definition) is 3. The van der Waals surface area contributed by atoms with Crippen molar-refractivity contribution in [3.8, 4) is 5.75 Å². The summed E-state index contributed by atoms with van der Waals surface area (Å²) in [6.07, 6.45) is 0.719. The van der Waals surface area contributed by atoms with Crippen molar-refractivity contribution < 1.29 is 18.7 Å². The summed E-state index contributed by atoms with van der Waals surface area (Å²) >= 11 is 0. The molecule has 0 bridgehead atoms. The number of amides is 1. The molecule has 0 saturated heterocycles. The molecule has 108 valence electrons. The van der Waals surface area contributed by atoms with Crippen molar-refractivity contribution >= 4 is 17.9 Å². The first kappa shape index (κ1) is 14.7. The lowest BCUT2D eigenvalue weighted by molar-refractivity contribution is -0.118. The first-order valence-electron chi connectivity index (χ1n) is 6.32. The SMILES string of the molecule is Cc1ccc(F)c(NC(=O)COc2ccc(C=O)cc2)c1. The standard InChI is InChI=1S/C16H14FNO3/c1-11-2-7-14(17)15(8-11)18-16(20)10-21-13-5-3-12(9-19)4-6-13/h2-9H,10H2,1H3,(H,18,20). The maximum Gasteiger partial charge on any atom is 0.262 e. The Bertz CT molecular complexity index is 653. The first-order valence-corrected chi connectivity index (χ1v) is 6.32. The van der Waals surface area contributed by atoms with Crippen molar-refractivity contribution in [2.24, 2.45) is 0 Å². The van der Waals surface area contributed by atoms with Crippen LogP contribution < -0.4 is 10.1 Å². The lowest BCUT2D eigenvalue weighted by Gasteiger charge is -2.09. The molecule has 0 radical (unpaired) electrons. The molecule has 1 amide bonds. The number of carbonyl (C=O) groups is 2. The molecule has 5 heteroatoms. The van der Waals surface area contributed by atoms with E-state index < -0.39 is 11.7 Å². The minimum Gasteiger partial charge on any atom is -0.484 e. The van der Waals surface area contributed by atoms with E-state index in [1.54, 1.807) is 43.3 Å². The van der Waals surface area contributed by atoms with Gasteiger partial charge < -0.3 is 10.1 Å². The summed E-state index contributed by atoms with van der Waals surface area (Å²) in [7, 11) is 0. The topological polar surface area (TPSA) is 55.4 Å². The second-order valence-electron chi connectivity index (χ2n) is 4.51. The molecular weight excluding hydrogens is 273 g/mol. The van der Waals surface area contributed by atoms with Gasteiger partial charge in [-0.15, -0.1) is 0 Å². The fourth-order valence-corrected chi connectivity index (χ4v) is 1.71. The third-order valence-electron chi connectivity index (χ3n) is 2.78. The minimum atomic E-state index is -0.496. The highest BCUT2D eigenvalue weighted by Gasteiger charge is 2.08. The van der Waals surface area contributed by atoms with Crippen LogP contribution in [0.2, 0.25) is 0 Å². The van der Waals surface area contributed by atoms with Gasteiger partial charge in [0.05, 0.1) is 5.69 Å². The minimum absolute atomic E-state index is 0.125. The van der Waals surface area contributed by atoms with Gasteiger partial charge >= 0.3 is 0 Å². The number of halogens is 1. The Hall–Kier alpha value is -2.69. The fraction of sp³-hybridized carbons (Fsp3) is 0.125. The normalized spacial score (nSPS) is 10.0. The number of aryl methyl sites for hydroxylation is 1. The molecule has 1 N–H and O–H groups in total. The highest BCUT2D eigenvalue weighted by Crippen LogP contribution is 2.16. The average molecular weight is 287 g/mol. The van der Waals surface area contributed by atoms with Crippen molar-refractivity contribution in [3.05, 3.63) is 59.4 Å². The predicted octanol–water partition coefficient (Wildman–Crippen LogP) is 2.96. The Kier molecular flexibility index (Phi) is 4.66. The molecule has 0 fully saturated rings. The number of carbonyl (C=O) groups excluding carboxylic acids is 2. The van der Waals surface area contributed by atoms with Gasteiger partial charge in [-0.3, -0.25) is 9.59 Å². The number of rotatable bonds is 5. The fourth-order valence-electron chi connectivity index (χ4n) is 1.71. The Morgan fingerprint density at radius 1 is 1.24 bits per heavy atom. The third kappa shape index (κ3) is 4.14. The van der Waals surface area contributed by atoms with Crippen LogP contribution in [0.15, 0.2) is 42.5 Å². The van der Waals surface area contributed by atoms with Crippen LogP contribution in [-0.2, 0) is 4.79 Å². The van der Waals surface area contributed by atoms with Crippen molar-refractivity contribution in [3.63, 3.8) is 0 Å². The monoisotopic (exact) mass is 287 g/mol. The average Bonchev–Trinajstić information content (AvgIpc) is 2.49. The second-order valence-corrected chi connectivity index (χ2v) is 4.51. The highest BCUT2D eigenvalue weighted by molar-refractivity contribution is 5.92. The summed E-state index contributed by atoms with van der Waals surface area (Å²) in [5.74, 6) is -0.497. The van der Waals surface area contributed by atoms with Crippen molar-refractivity contribution in [1.82, 2.24) is 0 Å². The maximum absolute atomic E-state index is 13.5. The molecule has 0 atom stereocenters. The lowest BCUT2D eigenvalue weighted by atomic mass is 10.2. The second kappa shape index (κ2) is 6.65. The number of nitrogens with one attached hydrogen (secondary N) is 1. The largest absolute Gasteiger partial charge is 0.484 e. The summed E-state index contributed by atoms with van der Waals surface area (Å²) in [5.41, 5.74) is 1.49. The van der Waals surface area contributed by atoms with Crippen molar-refractivity contribution in [1.29, 1.82) is 0 Å². The van der Waals surface area contributed by atoms with Gasteiger partial charge in [0.1, 0.15) is 17.9 Å².